The Morgan fingerprint density at radius 1 is 1.44 bits per heavy atom. The Morgan fingerprint density at radius 3 is 3.06 bits per heavy atom. The van der Waals surface area contributed by atoms with Crippen molar-refractivity contribution in [3.8, 4) is 11.3 Å². The molecule has 0 saturated carbocycles. The third-order valence-electron chi connectivity index (χ3n) is 3.54. The molecule has 1 atom stereocenters. The van der Waals surface area contributed by atoms with E-state index in [-0.39, 0.29) is 0 Å². The minimum atomic E-state index is 0.479. The van der Waals surface area contributed by atoms with E-state index in [9.17, 15) is 0 Å². The smallest absolute Gasteiger partial charge is 0.132 e. The summed E-state index contributed by atoms with van der Waals surface area (Å²) in [6, 6.07) is 4.38. The minimum absolute atomic E-state index is 0.479. The Bertz CT molecular complexity index is 548. The topological polar surface area (TPSA) is 60.0 Å². The fourth-order valence-corrected chi connectivity index (χ4v) is 2.58. The predicted octanol–water partition coefficient (Wildman–Crippen LogP) is 1.40. The van der Waals surface area contributed by atoms with Crippen LogP contribution in [0, 0.1) is 0 Å². The first kappa shape index (κ1) is 11.2. The van der Waals surface area contributed by atoms with Crippen molar-refractivity contribution < 1.29 is 0 Å². The Balaban J connectivity index is 1.99. The van der Waals surface area contributed by atoms with Crippen LogP contribution in [0.4, 0.5) is 5.82 Å². The Kier molecular flexibility index (Phi) is 2.76. The molecule has 0 spiro atoms. The number of likely N-dealkylation sites (N-methyl/N-ethyl adjacent to an activating group) is 1. The zero-order chi connectivity index (χ0) is 12.5. The molecule has 3 heterocycles. The normalized spacial score (nSPS) is 20.4. The third-order valence-corrected chi connectivity index (χ3v) is 3.54. The summed E-state index contributed by atoms with van der Waals surface area (Å²) in [4.78, 5) is 10.7. The van der Waals surface area contributed by atoms with Crippen molar-refractivity contribution in [3.63, 3.8) is 0 Å². The molecule has 1 fully saturated rings. The highest BCUT2D eigenvalue weighted by atomic mass is 15.2. The van der Waals surface area contributed by atoms with Crippen LogP contribution in [0.5, 0.6) is 0 Å². The highest BCUT2D eigenvalue weighted by Crippen LogP contribution is 2.29. The van der Waals surface area contributed by atoms with Gasteiger partial charge in [-0.3, -0.25) is 0 Å². The van der Waals surface area contributed by atoms with Crippen LogP contribution in [0.25, 0.3) is 11.3 Å². The lowest BCUT2D eigenvalue weighted by Gasteiger charge is -2.16. The monoisotopic (exact) mass is 243 g/mol. The molecule has 1 aliphatic heterocycles. The molecule has 5 heteroatoms. The number of nitrogens with zero attached hydrogens (tertiary/aromatic N) is 4. The molecule has 1 unspecified atom stereocenters. The van der Waals surface area contributed by atoms with Gasteiger partial charge in [-0.05, 0) is 32.1 Å². The van der Waals surface area contributed by atoms with Crippen LogP contribution in [0.1, 0.15) is 12.5 Å². The number of imidazole rings is 1. The van der Waals surface area contributed by atoms with Gasteiger partial charge in [0.2, 0.25) is 0 Å². The summed E-state index contributed by atoms with van der Waals surface area (Å²) >= 11 is 0. The Labute approximate surface area is 106 Å². The number of aromatic nitrogens is 3. The number of nitrogens with two attached hydrogens (primary N) is 1. The van der Waals surface area contributed by atoms with Gasteiger partial charge < -0.3 is 15.2 Å². The maximum atomic E-state index is 5.94. The maximum absolute atomic E-state index is 5.94. The van der Waals surface area contributed by atoms with Gasteiger partial charge in [0.25, 0.3) is 0 Å². The zero-order valence-corrected chi connectivity index (χ0v) is 10.5. The predicted molar refractivity (Wildman–Crippen MR) is 71.0 cm³/mol. The van der Waals surface area contributed by atoms with Crippen molar-refractivity contribution in [2.24, 2.45) is 0 Å². The molecule has 5 nitrogen and oxygen atoms in total. The summed E-state index contributed by atoms with van der Waals surface area (Å²) in [5.74, 6) is 0.561. The molecular formula is C13H17N5. The molecule has 2 aromatic heterocycles. The molecular weight excluding hydrogens is 226 g/mol. The summed E-state index contributed by atoms with van der Waals surface area (Å²) in [6.07, 6.45) is 6.63. The van der Waals surface area contributed by atoms with Crippen molar-refractivity contribution in [2.45, 2.75) is 12.5 Å². The van der Waals surface area contributed by atoms with E-state index < -0.39 is 0 Å². The second kappa shape index (κ2) is 4.42. The third kappa shape index (κ3) is 1.86. The number of nitrogen functional groups attached to an aromatic ring is 1. The van der Waals surface area contributed by atoms with E-state index in [4.69, 9.17) is 5.73 Å². The number of rotatable bonds is 2. The van der Waals surface area contributed by atoms with Crippen LogP contribution in [0.3, 0.4) is 0 Å². The lowest BCUT2D eigenvalue weighted by molar-refractivity contribution is 0.393. The van der Waals surface area contributed by atoms with Gasteiger partial charge in [0, 0.05) is 24.3 Å². The second-order valence-corrected chi connectivity index (χ2v) is 4.83. The van der Waals surface area contributed by atoms with Crippen LogP contribution in [0.2, 0.25) is 0 Å². The van der Waals surface area contributed by atoms with E-state index in [2.05, 4.69) is 26.5 Å². The molecule has 18 heavy (non-hydrogen) atoms. The van der Waals surface area contributed by atoms with E-state index in [0.29, 0.717) is 11.9 Å². The average molecular weight is 243 g/mol. The van der Waals surface area contributed by atoms with Crippen LogP contribution < -0.4 is 5.73 Å². The minimum Gasteiger partial charge on any atom is -0.383 e. The fraction of sp³-hybridized carbons (Fsp3) is 0.385. The van der Waals surface area contributed by atoms with Crippen LogP contribution in [-0.2, 0) is 0 Å². The maximum Gasteiger partial charge on any atom is 0.132 e. The van der Waals surface area contributed by atoms with Gasteiger partial charge in [-0.2, -0.15) is 0 Å². The highest BCUT2D eigenvalue weighted by molar-refractivity contribution is 5.70. The van der Waals surface area contributed by atoms with Crippen LogP contribution in [-0.4, -0.2) is 39.6 Å². The van der Waals surface area contributed by atoms with Gasteiger partial charge in [-0.1, -0.05) is 0 Å². The van der Waals surface area contributed by atoms with E-state index in [1.54, 1.807) is 6.20 Å². The fourth-order valence-electron chi connectivity index (χ4n) is 2.58. The van der Waals surface area contributed by atoms with Crippen LogP contribution in [0.15, 0.2) is 30.9 Å². The molecule has 0 amide bonds. The molecule has 0 aliphatic carbocycles. The first-order valence-electron chi connectivity index (χ1n) is 6.17. The molecule has 2 aromatic rings. The lowest BCUT2D eigenvalue weighted by atomic mass is 10.1. The quantitative estimate of drug-likeness (QED) is 0.866. The highest BCUT2D eigenvalue weighted by Gasteiger charge is 2.23. The van der Waals surface area contributed by atoms with Gasteiger partial charge in [0.1, 0.15) is 5.82 Å². The number of anilines is 1. The molecule has 0 bridgehead atoms. The summed E-state index contributed by atoms with van der Waals surface area (Å²) in [7, 11) is 2.15. The van der Waals surface area contributed by atoms with Gasteiger partial charge >= 0.3 is 0 Å². The molecule has 1 aliphatic rings. The van der Waals surface area contributed by atoms with E-state index in [1.807, 2.05) is 24.7 Å². The summed E-state index contributed by atoms with van der Waals surface area (Å²) < 4.78 is 2.22. The number of pyridine rings is 1. The lowest BCUT2D eigenvalue weighted by Crippen LogP contribution is -2.16. The van der Waals surface area contributed by atoms with Crippen molar-refractivity contribution in [1.29, 1.82) is 0 Å². The zero-order valence-electron chi connectivity index (χ0n) is 10.5. The summed E-state index contributed by atoms with van der Waals surface area (Å²) in [5.41, 5.74) is 7.96. The van der Waals surface area contributed by atoms with Crippen molar-refractivity contribution in [3.05, 3.63) is 30.9 Å². The second-order valence-electron chi connectivity index (χ2n) is 4.83. The van der Waals surface area contributed by atoms with Crippen molar-refractivity contribution in [2.75, 3.05) is 25.9 Å². The first-order valence-corrected chi connectivity index (χ1v) is 6.17. The first-order chi connectivity index (χ1) is 8.75. The Hall–Kier alpha value is -1.88. The summed E-state index contributed by atoms with van der Waals surface area (Å²) in [5, 5.41) is 0. The number of hydrogen-bond donors (Lipinski definition) is 1. The molecule has 3 rings (SSSR count). The number of likely N-dealkylation sites (tertiary alicyclic amines) is 1. The molecule has 0 aromatic carbocycles. The molecule has 1 saturated heterocycles. The molecule has 94 valence electrons. The average Bonchev–Trinajstić information content (AvgIpc) is 2.98. The standard InChI is InChI=1S/C13H17N5/c1-17-6-4-10(8-17)18-9-15-7-12(18)11-3-2-5-16-13(11)14/h2-3,5,7,9-10H,4,6,8H2,1H3,(H2,14,16). The molecule has 2 N–H and O–H groups in total. The largest absolute Gasteiger partial charge is 0.383 e. The van der Waals surface area contributed by atoms with E-state index >= 15 is 0 Å². The van der Waals surface area contributed by atoms with Crippen LogP contribution >= 0.6 is 0 Å². The van der Waals surface area contributed by atoms with Crippen molar-refractivity contribution >= 4 is 5.82 Å². The van der Waals surface area contributed by atoms with Gasteiger partial charge in [-0.25, -0.2) is 9.97 Å². The van der Waals surface area contributed by atoms with Gasteiger partial charge in [0.05, 0.1) is 18.2 Å². The van der Waals surface area contributed by atoms with E-state index in [0.717, 1.165) is 30.8 Å². The molecule has 0 radical (unpaired) electrons. The van der Waals surface area contributed by atoms with Gasteiger partial charge in [0.15, 0.2) is 0 Å². The van der Waals surface area contributed by atoms with Crippen molar-refractivity contribution in [1.82, 2.24) is 19.4 Å². The van der Waals surface area contributed by atoms with Gasteiger partial charge in [-0.15, -0.1) is 0 Å². The van der Waals surface area contributed by atoms with E-state index in [1.165, 1.54) is 0 Å². The summed E-state index contributed by atoms with van der Waals surface area (Å²) in [6.45, 7) is 2.19. The number of hydrogen-bond acceptors (Lipinski definition) is 4. The SMILES string of the molecule is CN1CCC(n2cncc2-c2cccnc2N)C1. The Morgan fingerprint density at radius 2 is 2.33 bits per heavy atom.